The lowest BCUT2D eigenvalue weighted by molar-refractivity contribution is 0.294. The highest BCUT2D eigenvalue weighted by Crippen LogP contribution is 2.34. The van der Waals surface area contributed by atoms with Crippen molar-refractivity contribution >= 4 is 11.6 Å². The van der Waals surface area contributed by atoms with Crippen LogP contribution < -0.4 is 15.2 Å². The van der Waals surface area contributed by atoms with Crippen molar-refractivity contribution in [1.82, 2.24) is 9.78 Å². The maximum absolute atomic E-state index is 6.01. The van der Waals surface area contributed by atoms with Gasteiger partial charge in [-0.15, -0.1) is 0 Å². The first-order valence-corrected chi connectivity index (χ1v) is 6.68. The molecule has 1 aromatic heterocycles. The molecule has 0 saturated heterocycles. The SMILES string of the molecule is COc1cc(Cl)cc(CN)c1OCCc1cnn(C)c1. The second-order valence-corrected chi connectivity index (χ2v) is 4.86. The lowest BCUT2D eigenvalue weighted by atomic mass is 10.2. The molecule has 0 radical (unpaired) electrons. The predicted molar refractivity (Wildman–Crippen MR) is 78.3 cm³/mol. The summed E-state index contributed by atoms with van der Waals surface area (Å²) in [7, 11) is 3.47. The van der Waals surface area contributed by atoms with Gasteiger partial charge in [0.05, 0.1) is 19.9 Å². The zero-order valence-corrected chi connectivity index (χ0v) is 12.4. The zero-order valence-electron chi connectivity index (χ0n) is 11.6. The fourth-order valence-electron chi connectivity index (χ4n) is 1.96. The molecule has 2 N–H and O–H groups in total. The number of nitrogens with zero attached hydrogens (tertiary/aromatic N) is 2. The summed E-state index contributed by atoms with van der Waals surface area (Å²) in [6.45, 7) is 0.871. The Balaban J connectivity index is 2.08. The lowest BCUT2D eigenvalue weighted by Gasteiger charge is -2.14. The minimum atomic E-state index is 0.346. The van der Waals surface area contributed by atoms with Gasteiger partial charge in [0, 0.05) is 42.9 Å². The number of hydrogen-bond donors (Lipinski definition) is 1. The van der Waals surface area contributed by atoms with Crippen molar-refractivity contribution < 1.29 is 9.47 Å². The van der Waals surface area contributed by atoms with Gasteiger partial charge in [0.2, 0.25) is 0 Å². The highest BCUT2D eigenvalue weighted by molar-refractivity contribution is 6.30. The van der Waals surface area contributed by atoms with Gasteiger partial charge in [0.1, 0.15) is 0 Å². The first-order valence-electron chi connectivity index (χ1n) is 6.31. The summed E-state index contributed by atoms with van der Waals surface area (Å²) in [4.78, 5) is 0. The fraction of sp³-hybridized carbons (Fsp3) is 0.357. The largest absolute Gasteiger partial charge is 0.493 e. The van der Waals surface area contributed by atoms with Crippen LogP contribution >= 0.6 is 11.6 Å². The number of aromatic nitrogens is 2. The van der Waals surface area contributed by atoms with Crippen molar-refractivity contribution in [3.63, 3.8) is 0 Å². The second kappa shape index (κ2) is 6.63. The number of methoxy groups -OCH3 is 1. The van der Waals surface area contributed by atoms with Crippen LogP contribution in [0, 0.1) is 0 Å². The molecule has 0 amide bonds. The van der Waals surface area contributed by atoms with E-state index >= 15 is 0 Å². The van der Waals surface area contributed by atoms with E-state index < -0.39 is 0 Å². The number of halogens is 1. The van der Waals surface area contributed by atoms with Crippen LogP contribution in [0.5, 0.6) is 11.5 Å². The number of rotatable bonds is 6. The highest BCUT2D eigenvalue weighted by Gasteiger charge is 2.12. The van der Waals surface area contributed by atoms with Crippen LogP contribution in [0.3, 0.4) is 0 Å². The monoisotopic (exact) mass is 295 g/mol. The molecule has 0 saturated carbocycles. The van der Waals surface area contributed by atoms with E-state index in [-0.39, 0.29) is 0 Å². The molecule has 2 rings (SSSR count). The van der Waals surface area contributed by atoms with Gasteiger partial charge >= 0.3 is 0 Å². The lowest BCUT2D eigenvalue weighted by Crippen LogP contribution is -2.07. The molecule has 5 nitrogen and oxygen atoms in total. The molecule has 20 heavy (non-hydrogen) atoms. The van der Waals surface area contributed by atoms with E-state index in [1.165, 1.54) is 0 Å². The molecule has 6 heteroatoms. The average Bonchev–Trinajstić information content (AvgIpc) is 2.85. The van der Waals surface area contributed by atoms with Crippen LogP contribution in [-0.4, -0.2) is 23.5 Å². The molecular formula is C14H18ClN3O2. The fourth-order valence-corrected chi connectivity index (χ4v) is 2.19. The van der Waals surface area contributed by atoms with Crippen LogP contribution in [0.2, 0.25) is 5.02 Å². The first-order chi connectivity index (χ1) is 9.63. The summed E-state index contributed by atoms with van der Waals surface area (Å²) < 4.78 is 12.9. The van der Waals surface area contributed by atoms with E-state index in [0.29, 0.717) is 29.7 Å². The van der Waals surface area contributed by atoms with Crippen molar-refractivity contribution in [3.8, 4) is 11.5 Å². The molecule has 0 bridgehead atoms. The van der Waals surface area contributed by atoms with E-state index in [2.05, 4.69) is 5.10 Å². The molecule has 0 unspecified atom stereocenters. The Morgan fingerprint density at radius 3 is 2.80 bits per heavy atom. The number of ether oxygens (including phenoxy) is 2. The van der Waals surface area contributed by atoms with E-state index in [0.717, 1.165) is 17.5 Å². The first kappa shape index (κ1) is 14.7. The molecule has 0 atom stereocenters. The van der Waals surface area contributed by atoms with E-state index in [9.17, 15) is 0 Å². The molecule has 0 spiro atoms. The maximum Gasteiger partial charge on any atom is 0.165 e. The van der Waals surface area contributed by atoms with Gasteiger partial charge in [-0.05, 0) is 11.6 Å². The standard InChI is InChI=1S/C14H18ClN3O2/c1-18-9-10(8-17-18)3-4-20-14-11(7-16)5-12(15)6-13(14)19-2/h5-6,8-9H,3-4,7,16H2,1-2H3. The van der Waals surface area contributed by atoms with Crippen molar-refractivity contribution in [2.75, 3.05) is 13.7 Å². The molecule has 0 fully saturated rings. The van der Waals surface area contributed by atoms with Gasteiger partial charge in [-0.25, -0.2) is 0 Å². The van der Waals surface area contributed by atoms with Crippen LogP contribution in [0.15, 0.2) is 24.5 Å². The Bertz CT molecular complexity index is 559. The Morgan fingerprint density at radius 2 is 2.20 bits per heavy atom. The molecule has 1 heterocycles. The third-order valence-corrected chi connectivity index (χ3v) is 3.15. The van der Waals surface area contributed by atoms with Gasteiger partial charge in [-0.1, -0.05) is 11.6 Å². The van der Waals surface area contributed by atoms with Gasteiger partial charge < -0.3 is 15.2 Å². The summed E-state index contributed by atoms with van der Waals surface area (Å²) in [5, 5.41) is 4.71. The number of benzene rings is 1. The second-order valence-electron chi connectivity index (χ2n) is 4.42. The van der Waals surface area contributed by atoms with Crippen molar-refractivity contribution in [2.45, 2.75) is 13.0 Å². The van der Waals surface area contributed by atoms with Gasteiger partial charge in [0.25, 0.3) is 0 Å². The Labute approximate surface area is 123 Å². The third-order valence-electron chi connectivity index (χ3n) is 2.93. The summed E-state index contributed by atoms with van der Waals surface area (Å²) in [6.07, 6.45) is 4.56. The topological polar surface area (TPSA) is 62.3 Å². The molecule has 108 valence electrons. The maximum atomic E-state index is 6.01. The quantitative estimate of drug-likeness (QED) is 0.887. The molecule has 2 aromatic rings. The third kappa shape index (κ3) is 3.43. The van der Waals surface area contributed by atoms with Crippen LogP contribution in [0.4, 0.5) is 0 Å². The van der Waals surface area contributed by atoms with Crippen molar-refractivity contribution in [3.05, 3.63) is 40.7 Å². The predicted octanol–water partition coefficient (Wildman–Crippen LogP) is 2.16. The Kier molecular flexibility index (Phi) is 4.87. The van der Waals surface area contributed by atoms with Crippen molar-refractivity contribution in [2.24, 2.45) is 12.8 Å². The summed E-state index contributed by atoms with van der Waals surface area (Å²) in [5.41, 5.74) is 7.68. The van der Waals surface area contributed by atoms with Crippen LogP contribution in [0.1, 0.15) is 11.1 Å². The molecule has 0 aliphatic rings. The Morgan fingerprint density at radius 1 is 1.40 bits per heavy atom. The summed E-state index contributed by atoms with van der Waals surface area (Å²) in [6, 6.07) is 3.52. The van der Waals surface area contributed by atoms with Gasteiger partial charge in [-0.2, -0.15) is 5.10 Å². The average molecular weight is 296 g/mol. The minimum absolute atomic E-state index is 0.346. The van der Waals surface area contributed by atoms with E-state index in [1.54, 1.807) is 23.9 Å². The zero-order chi connectivity index (χ0) is 14.5. The van der Waals surface area contributed by atoms with Gasteiger partial charge in [0.15, 0.2) is 11.5 Å². The molecule has 1 aromatic carbocycles. The Hall–Kier alpha value is -1.72. The molecule has 0 aliphatic carbocycles. The number of hydrogen-bond acceptors (Lipinski definition) is 4. The minimum Gasteiger partial charge on any atom is -0.493 e. The summed E-state index contributed by atoms with van der Waals surface area (Å²) in [5.74, 6) is 1.26. The number of aryl methyl sites for hydroxylation is 1. The normalized spacial score (nSPS) is 10.6. The smallest absolute Gasteiger partial charge is 0.165 e. The number of nitrogens with two attached hydrogens (primary N) is 1. The van der Waals surface area contributed by atoms with Crippen LogP contribution in [-0.2, 0) is 20.0 Å². The molecule has 0 aliphatic heterocycles. The van der Waals surface area contributed by atoms with Crippen molar-refractivity contribution in [1.29, 1.82) is 0 Å². The van der Waals surface area contributed by atoms with Gasteiger partial charge in [-0.3, -0.25) is 4.68 Å². The van der Waals surface area contributed by atoms with E-state index in [4.69, 9.17) is 26.8 Å². The van der Waals surface area contributed by atoms with Crippen LogP contribution in [0.25, 0.3) is 0 Å². The molecular weight excluding hydrogens is 278 g/mol. The van der Waals surface area contributed by atoms with E-state index in [1.807, 2.05) is 19.4 Å². The summed E-state index contributed by atoms with van der Waals surface area (Å²) >= 11 is 6.01. The highest BCUT2D eigenvalue weighted by atomic mass is 35.5.